The van der Waals surface area contributed by atoms with Crippen LogP contribution in [0.15, 0.2) is 81.9 Å². The van der Waals surface area contributed by atoms with E-state index in [9.17, 15) is 9.18 Å². The fourth-order valence-electron chi connectivity index (χ4n) is 4.57. The van der Waals surface area contributed by atoms with Gasteiger partial charge in [-0.05, 0) is 78.9 Å². The molecule has 0 bridgehead atoms. The minimum Gasteiger partial charge on any atom is -0.355 e. The average molecular weight is 560 g/mol. The van der Waals surface area contributed by atoms with Gasteiger partial charge in [-0.2, -0.15) is 0 Å². The molecular formula is C26H21Cl2FN4OS2. The third-order valence-corrected chi connectivity index (χ3v) is 8.88. The Kier molecular flexibility index (Phi) is 7.32. The summed E-state index contributed by atoms with van der Waals surface area (Å²) in [5.41, 5.74) is 2.33. The molecular weight excluding hydrogens is 538 g/mol. The van der Waals surface area contributed by atoms with Crippen LogP contribution in [0.3, 0.4) is 0 Å². The molecule has 1 aliphatic heterocycles. The average Bonchev–Trinajstić information content (AvgIpc) is 3.42. The topological polar surface area (TPSA) is 69.1 Å². The fraction of sp³-hybridized carbons (Fsp3) is 0.192. The molecule has 1 unspecified atom stereocenters. The summed E-state index contributed by atoms with van der Waals surface area (Å²) in [7, 11) is 0. The zero-order valence-electron chi connectivity index (χ0n) is 18.9. The Morgan fingerprint density at radius 1 is 1.22 bits per heavy atom. The Morgan fingerprint density at radius 3 is 2.72 bits per heavy atom. The zero-order valence-corrected chi connectivity index (χ0v) is 22.1. The summed E-state index contributed by atoms with van der Waals surface area (Å²) in [4.78, 5) is 19.2. The molecule has 2 N–H and O–H groups in total. The second-order valence-corrected chi connectivity index (χ2v) is 11.5. The van der Waals surface area contributed by atoms with Gasteiger partial charge < -0.3 is 10.7 Å². The highest BCUT2D eigenvalue weighted by Gasteiger charge is 2.49. The van der Waals surface area contributed by atoms with Crippen LogP contribution in [0.2, 0.25) is 10.0 Å². The molecule has 0 saturated carbocycles. The lowest BCUT2D eigenvalue weighted by Crippen LogP contribution is -2.48. The van der Waals surface area contributed by atoms with Gasteiger partial charge in [0.25, 0.3) is 0 Å². The number of piperidine rings is 1. The molecule has 5 nitrogen and oxygen atoms in total. The highest BCUT2D eigenvalue weighted by Crippen LogP contribution is 2.49. The van der Waals surface area contributed by atoms with E-state index in [1.807, 2.05) is 18.2 Å². The van der Waals surface area contributed by atoms with E-state index in [2.05, 4.69) is 14.6 Å². The first-order valence-corrected chi connectivity index (χ1v) is 13.6. The van der Waals surface area contributed by atoms with Crippen LogP contribution < -0.4 is 5.32 Å². The normalized spacial score (nSPS) is 20.0. The van der Waals surface area contributed by atoms with Crippen molar-refractivity contribution in [2.24, 2.45) is 5.41 Å². The molecule has 3 aromatic rings. The molecule has 0 amide bonds. The van der Waals surface area contributed by atoms with Gasteiger partial charge in [-0.25, -0.2) is 13.7 Å². The first-order chi connectivity index (χ1) is 17.4. The number of ketones is 1. The lowest BCUT2D eigenvalue weighted by atomic mass is 9.66. The minimum absolute atomic E-state index is 0.0385. The molecule has 5 rings (SSSR count). The van der Waals surface area contributed by atoms with E-state index in [1.165, 1.54) is 41.6 Å². The first kappa shape index (κ1) is 25.2. The summed E-state index contributed by atoms with van der Waals surface area (Å²) in [6, 6.07) is 11.6. The van der Waals surface area contributed by atoms with E-state index in [0.29, 0.717) is 45.7 Å². The first-order valence-electron chi connectivity index (χ1n) is 11.2. The van der Waals surface area contributed by atoms with Crippen molar-refractivity contribution >= 4 is 64.2 Å². The van der Waals surface area contributed by atoms with Crippen LogP contribution in [-0.4, -0.2) is 34.4 Å². The van der Waals surface area contributed by atoms with Gasteiger partial charge in [0.05, 0.1) is 15.5 Å². The van der Waals surface area contributed by atoms with Gasteiger partial charge in [-0.15, -0.1) is 11.3 Å². The third-order valence-electron chi connectivity index (χ3n) is 6.33. The van der Waals surface area contributed by atoms with E-state index in [-0.39, 0.29) is 11.6 Å². The number of thiazole rings is 1. The summed E-state index contributed by atoms with van der Waals surface area (Å²) in [5.74, 6) is -0.355. The lowest BCUT2D eigenvalue weighted by molar-refractivity contribution is 0.0780. The highest BCUT2D eigenvalue weighted by atomic mass is 35.5. The number of fused-ring (bicyclic) bond motifs is 1. The molecule has 1 fully saturated rings. The molecule has 0 radical (unpaired) electrons. The molecule has 1 atom stereocenters. The van der Waals surface area contributed by atoms with Crippen molar-refractivity contribution in [3.05, 3.63) is 97.8 Å². The molecule has 184 valence electrons. The second kappa shape index (κ2) is 10.5. The van der Waals surface area contributed by atoms with E-state index in [1.54, 1.807) is 29.8 Å². The van der Waals surface area contributed by atoms with Gasteiger partial charge in [0, 0.05) is 47.2 Å². The van der Waals surface area contributed by atoms with Gasteiger partial charge in [0.2, 0.25) is 5.78 Å². The molecule has 1 aromatic heterocycles. The molecule has 2 heterocycles. The van der Waals surface area contributed by atoms with E-state index >= 15 is 0 Å². The Balaban J connectivity index is 1.49. The van der Waals surface area contributed by atoms with Crippen molar-refractivity contribution in [2.45, 2.75) is 17.7 Å². The molecule has 36 heavy (non-hydrogen) atoms. The van der Waals surface area contributed by atoms with Crippen LogP contribution in [-0.2, 0) is 0 Å². The number of hydrogen-bond acceptors (Lipinski definition) is 7. The fourth-order valence-corrected chi connectivity index (χ4v) is 6.67. The Bertz CT molecular complexity index is 1380. The monoisotopic (exact) mass is 558 g/mol. The maximum absolute atomic E-state index is 14.0. The quantitative estimate of drug-likeness (QED) is 0.178. The highest BCUT2D eigenvalue weighted by molar-refractivity contribution is 7.97. The summed E-state index contributed by atoms with van der Waals surface area (Å²) < 4.78 is 15.6. The minimum atomic E-state index is -0.847. The number of nitrogens with one attached hydrogen (secondary N) is 2. The van der Waals surface area contributed by atoms with Gasteiger partial charge in [-0.1, -0.05) is 28.8 Å². The van der Waals surface area contributed by atoms with Crippen molar-refractivity contribution in [2.75, 3.05) is 18.4 Å². The number of carbonyl (C=O) groups excluding carboxylic acids is 1. The van der Waals surface area contributed by atoms with Crippen molar-refractivity contribution in [3.63, 3.8) is 0 Å². The Hall–Kier alpha value is -2.49. The van der Waals surface area contributed by atoms with E-state index < -0.39 is 5.41 Å². The third kappa shape index (κ3) is 5.01. The molecule has 10 heteroatoms. The number of hydrogen-bond donors (Lipinski definition) is 2. The summed E-state index contributed by atoms with van der Waals surface area (Å²) in [6.45, 7) is 1.19. The number of carbonyl (C=O) groups is 1. The van der Waals surface area contributed by atoms with Crippen LogP contribution >= 0.6 is 46.5 Å². The maximum atomic E-state index is 14.0. The number of allylic oxidation sites excluding steroid dienone is 2. The van der Waals surface area contributed by atoms with Gasteiger partial charge in [-0.3, -0.25) is 4.79 Å². The van der Waals surface area contributed by atoms with Crippen molar-refractivity contribution < 1.29 is 9.18 Å². The predicted octanol–water partition coefficient (Wildman–Crippen LogP) is 7.52. The van der Waals surface area contributed by atoms with Crippen LogP contribution in [0.1, 0.15) is 22.6 Å². The number of halogens is 3. The van der Waals surface area contributed by atoms with E-state index in [4.69, 9.17) is 28.6 Å². The number of nitrogens with zero attached hydrogens (tertiary/aromatic N) is 2. The number of rotatable bonds is 7. The molecule has 2 aromatic carbocycles. The van der Waals surface area contributed by atoms with Gasteiger partial charge in [0.1, 0.15) is 5.82 Å². The predicted molar refractivity (Wildman–Crippen MR) is 146 cm³/mol. The van der Waals surface area contributed by atoms with Crippen LogP contribution in [0.25, 0.3) is 0 Å². The van der Waals surface area contributed by atoms with Crippen LogP contribution in [0.4, 0.5) is 10.1 Å². The SMILES string of the molecule is N=CC1=C(Nc2ccc(F)cc2)C=C2CCN(Sc3ccc(Cl)c(Cl)c3)CC2(C(=O)c2nccs2)C1. The number of aromatic nitrogens is 1. The molecule has 0 spiro atoms. The zero-order chi connectivity index (χ0) is 25.3. The standard InChI is InChI=1S/C26H21Cl2FN4OS2/c27-21-6-5-20(12-22(21)28)36-33-9-7-17-11-23(32-19-3-1-18(29)2-4-19)16(14-30)13-26(17,15-33)24(34)25-31-8-10-35-25/h1-6,8,10-12,14,30,32H,7,9,13,15H2. The summed E-state index contributed by atoms with van der Waals surface area (Å²) in [6.07, 6.45) is 5.95. The van der Waals surface area contributed by atoms with Gasteiger partial charge in [0.15, 0.2) is 5.01 Å². The maximum Gasteiger partial charge on any atom is 0.203 e. The van der Waals surface area contributed by atoms with Crippen LogP contribution in [0, 0.1) is 16.6 Å². The smallest absolute Gasteiger partial charge is 0.203 e. The van der Waals surface area contributed by atoms with Crippen molar-refractivity contribution in [3.8, 4) is 0 Å². The number of anilines is 1. The molecule has 2 aliphatic rings. The Labute approximate surface area is 226 Å². The van der Waals surface area contributed by atoms with Gasteiger partial charge >= 0.3 is 0 Å². The molecule has 1 saturated heterocycles. The van der Waals surface area contributed by atoms with Crippen molar-refractivity contribution in [1.82, 2.24) is 9.29 Å². The molecule has 1 aliphatic carbocycles. The van der Waals surface area contributed by atoms with Crippen LogP contribution in [0.5, 0.6) is 0 Å². The number of benzene rings is 2. The van der Waals surface area contributed by atoms with E-state index in [0.717, 1.165) is 22.7 Å². The largest absolute Gasteiger partial charge is 0.355 e. The summed E-state index contributed by atoms with van der Waals surface area (Å²) in [5, 5.41) is 14.7. The number of Topliss-reactive ketones (excluding diaryl/α,β-unsaturated/α-hetero) is 1. The second-order valence-electron chi connectivity index (χ2n) is 8.59. The summed E-state index contributed by atoms with van der Waals surface area (Å²) >= 11 is 15.2. The Morgan fingerprint density at radius 2 is 2.03 bits per heavy atom. The van der Waals surface area contributed by atoms with Crippen molar-refractivity contribution in [1.29, 1.82) is 5.41 Å². The lowest BCUT2D eigenvalue weighted by Gasteiger charge is -2.45.